The minimum Gasteiger partial charge on any atom is -0.508 e. The van der Waals surface area contributed by atoms with Crippen molar-refractivity contribution in [3.8, 4) is 5.75 Å². The minimum absolute atomic E-state index is 0.0224. The van der Waals surface area contributed by atoms with Gasteiger partial charge in [-0.1, -0.05) is 0 Å². The molecule has 0 aliphatic heterocycles. The number of aliphatic hydroxyl groups excluding tert-OH is 2. The molecule has 0 heterocycles. The number of Topliss-reactive ketones (excluding diaryl/α,β-unsaturated/α-hetero) is 2. The Kier molecular flexibility index (Phi) is 9.22. The maximum atomic E-state index is 13.6. The number of carbonyl (C=O) groups excluding carboxylic acids is 3. The highest BCUT2D eigenvalue weighted by Gasteiger charge is 2.60. The molecule has 40 heavy (non-hydrogen) atoms. The zero-order valence-corrected chi connectivity index (χ0v) is 22.8. The number of amides is 1. The highest BCUT2D eigenvalue weighted by Crippen LogP contribution is 2.53. The number of primary amides is 1. The first-order chi connectivity index (χ1) is 18.8. The van der Waals surface area contributed by atoms with Crippen LogP contribution in [0.5, 0.6) is 5.75 Å². The number of carbonyl (C=O) groups is 3. The van der Waals surface area contributed by atoms with E-state index < -0.39 is 83.6 Å². The number of fused-ring (bicyclic) bond motifs is 3. The average molecular weight is 567 g/mol. The van der Waals surface area contributed by atoms with Crippen molar-refractivity contribution in [2.24, 2.45) is 17.6 Å². The van der Waals surface area contributed by atoms with E-state index >= 15 is 0 Å². The van der Waals surface area contributed by atoms with Gasteiger partial charge >= 0.3 is 0 Å². The number of nitrogens with zero attached hydrogens (tertiary/aromatic N) is 1. The minimum atomic E-state index is -2.65. The van der Waals surface area contributed by atoms with E-state index in [1.54, 1.807) is 25.1 Å². The molecule has 4 rings (SSSR count). The number of phenolic OH excluding ortho intramolecular Hbond substituents is 1. The molecule has 1 aromatic carbocycles. The summed E-state index contributed by atoms with van der Waals surface area (Å²) in [5.74, 6) is -7.07. The molecule has 0 spiro atoms. The Morgan fingerprint density at radius 3 is 2.30 bits per heavy atom. The van der Waals surface area contributed by atoms with Gasteiger partial charge in [0.2, 0.25) is 5.78 Å². The van der Waals surface area contributed by atoms with Gasteiger partial charge in [0.1, 0.15) is 36.2 Å². The van der Waals surface area contributed by atoms with Gasteiger partial charge in [-0.15, -0.1) is 0 Å². The van der Waals surface area contributed by atoms with Crippen molar-refractivity contribution >= 4 is 28.9 Å². The van der Waals surface area contributed by atoms with Crippen LogP contribution in [-0.4, -0.2) is 91.1 Å². The lowest BCUT2D eigenvalue weighted by Crippen LogP contribution is -2.58. The second-order valence-corrected chi connectivity index (χ2v) is 10.4. The maximum Gasteiger partial charge on any atom is 0.255 e. The largest absolute Gasteiger partial charge is 0.508 e. The predicted molar refractivity (Wildman–Crippen MR) is 143 cm³/mol. The molecule has 1 fully saturated rings. The molecule has 0 radical (unpaired) electrons. The van der Waals surface area contributed by atoms with E-state index in [0.29, 0.717) is 11.3 Å². The van der Waals surface area contributed by atoms with Crippen LogP contribution in [0.2, 0.25) is 0 Å². The average Bonchev–Trinajstić information content (AvgIpc) is 2.87. The number of anilines is 1. The number of alkyl halides is 2. The first-order valence-corrected chi connectivity index (χ1v) is 12.8. The Balaban J connectivity index is 0.00000141. The first-order valence-electron chi connectivity index (χ1n) is 12.8. The van der Waals surface area contributed by atoms with Gasteiger partial charge in [0.15, 0.2) is 11.4 Å². The van der Waals surface area contributed by atoms with E-state index in [1.165, 1.54) is 0 Å². The van der Waals surface area contributed by atoms with E-state index in [4.69, 9.17) is 5.73 Å². The fourth-order valence-electron chi connectivity index (χ4n) is 5.66. The first kappa shape index (κ1) is 31.0. The zero-order valence-electron chi connectivity index (χ0n) is 22.8. The Bertz CT molecular complexity index is 1280. The molecule has 0 aromatic heterocycles. The standard InChI is InChI=1S/C25H29F2N3O7.C2H7N/c1-30(2)15-5-11(9-29-13(7-26)8-27)20(32)18-14(15)4-10-3-12-6-16(31)19(24(28)36)23(35)25(12,37)22(34)17(10)21(18)33;1-3-2/h5,10,12-13,29,32-33,35,37H,3-4,6-9H2,1-2H3,(H2,28,36);3H,1-2H3/t10?,12-,25-;/m0./s1. The lowest BCUT2D eigenvalue weighted by Gasteiger charge is -2.46. The number of nitrogens with one attached hydrogen (secondary N) is 2. The van der Waals surface area contributed by atoms with Crippen molar-refractivity contribution in [3.63, 3.8) is 0 Å². The van der Waals surface area contributed by atoms with E-state index in [2.05, 4.69) is 10.6 Å². The van der Waals surface area contributed by atoms with Crippen LogP contribution in [0.25, 0.3) is 5.76 Å². The summed E-state index contributed by atoms with van der Waals surface area (Å²) in [7, 11) is 7.20. The quantitative estimate of drug-likeness (QED) is 0.232. The summed E-state index contributed by atoms with van der Waals surface area (Å²) in [6.07, 6.45) is -0.224. The maximum absolute atomic E-state index is 13.6. The number of hydrogen-bond donors (Lipinski definition) is 7. The smallest absolute Gasteiger partial charge is 0.255 e. The number of aromatic hydroxyl groups is 1. The summed E-state index contributed by atoms with van der Waals surface area (Å²) in [4.78, 5) is 39.5. The number of nitrogens with two attached hydrogens (primary N) is 1. The van der Waals surface area contributed by atoms with Crippen molar-refractivity contribution in [3.05, 3.63) is 39.7 Å². The topological polar surface area (TPSA) is 185 Å². The number of rotatable bonds is 7. The van der Waals surface area contributed by atoms with Crippen LogP contribution in [0.1, 0.15) is 29.5 Å². The molecule has 0 bridgehead atoms. The third kappa shape index (κ3) is 5.04. The molecule has 8 N–H and O–H groups in total. The van der Waals surface area contributed by atoms with E-state index in [9.17, 15) is 43.6 Å². The SMILES string of the molecule is CN(C)c1cc(CNC(CF)CF)c(O)c2c1CC1C[C@H]3CC(=O)C(C(N)=O)=C(O)[C@@]3(O)C(=O)C1=C2O.CNC. The van der Waals surface area contributed by atoms with Gasteiger partial charge in [0.05, 0.1) is 11.6 Å². The number of aliphatic hydroxyl groups is 3. The Morgan fingerprint density at radius 2 is 1.77 bits per heavy atom. The normalized spacial score (nSPS) is 23.8. The van der Waals surface area contributed by atoms with Crippen LogP contribution >= 0.6 is 0 Å². The highest BCUT2D eigenvalue weighted by molar-refractivity contribution is 6.22. The molecule has 1 unspecified atom stereocenters. The summed E-state index contributed by atoms with van der Waals surface area (Å²) in [5, 5.41) is 49.7. The number of phenols is 1. The van der Waals surface area contributed by atoms with Crippen LogP contribution in [0.4, 0.5) is 14.5 Å². The van der Waals surface area contributed by atoms with Gasteiger partial charge in [0.25, 0.3) is 5.91 Å². The second kappa shape index (κ2) is 11.9. The molecule has 0 saturated heterocycles. The van der Waals surface area contributed by atoms with Crippen molar-refractivity contribution in [1.82, 2.24) is 10.6 Å². The van der Waals surface area contributed by atoms with Gasteiger partial charge in [0, 0.05) is 49.8 Å². The highest BCUT2D eigenvalue weighted by atomic mass is 19.1. The summed E-state index contributed by atoms with van der Waals surface area (Å²) < 4.78 is 26.0. The van der Waals surface area contributed by atoms with E-state index in [0.717, 1.165) is 0 Å². The monoisotopic (exact) mass is 566 g/mol. The second-order valence-electron chi connectivity index (χ2n) is 10.4. The summed E-state index contributed by atoms with van der Waals surface area (Å²) in [6.45, 7) is -2.08. The summed E-state index contributed by atoms with van der Waals surface area (Å²) in [5.41, 5.74) is 2.65. The Hall–Kier alpha value is -3.55. The van der Waals surface area contributed by atoms with Gasteiger partial charge in [-0.25, -0.2) is 8.78 Å². The van der Waals surface area contributed by atoms with Crippen LogP contribution in [0, 0.1) is 11.8 Å². The van der Waals surface area contributed by atoms with E-state index in [1.807, 2.05) is 14.1 Å². The molecule has 1 aromatic rings. The fraction of sp³-hybridized carbons (Fsp3) is 0.519. The molecular weight excluding hydrogens is 530 g/mol. The van der Waals surface area contributed by atoms with Crippen molar-refractivity contribution in [2.75, 3.05) is 46.4 Å². The van der Waals surface area contributed by atoms with Crippen LogP contribution in [0.15, 0.2) is 23.0 Å². The molecule has 13 heteroatoms. The molecule has 3 aliphatic carbocycles. The molecule has 3 atom stereocenters. The fourth-order valence-corrected chi connectivity index (χ4v) is 5.66. The number of benzene rings is 1. The van der Waals surface area contributed by atoms with Crippen LogP contribution < -0.4 is 21.3 Å². The van der Waals surface area contributed by atoms with Crippen molar-refractivity contribution in [1.29, 1.82) is 0 Å². The lowest BCUT2D eigenvalue weighted by atomic mass is 9.59. The molecule has 1 amide bonds. The van der Waals surface area contributed by atoms with E-state index in [-0.39, 0.29) is 36.1 Å². The van der Waals surface area contributed by atoms with Gasteiger partial charge in [-0.3, -0.25) is 14.4 Å². The van der Waals surface area contributed by atoms with Crippen molar-refractivity contribution in [2.45, 2.75) is 37.5 Å². The summed E-state index contributed by atoms with van der Waals surface area (Å²) in [6, 6.07) is 0.523. The molecule has 220 valence electrons. The van der Waals surface area contributed by atoms with Gasteiger partial charge < -0.3 is 41.7 Å². The zero-order chi connectivity index (χ0) is 30.1. The molecule has 1 saturated carbocycles. The number of halogens is 2. The molecule has 11 nitrogen and oxygen atoms in total. The molecular formula is C27H36F2N4O7. The van der Waals surface area contributed by atoms with Gasteiger partial charge in [-0.2, -0.15) is 0 Å². The van der Waals surface area contributed by atoms with Crippen molar-refractivity contribution < 1.29 is 43.6 Å². The third-order valence-corrected chi connectivity index (χ3v) is 7.55. The van der Waals surface area contributed by atoms with Crippen LogP contribution in [0.3, 0.4) is 0 Å². The number of ketones is 2. The third-order valence-electron chi connectivity index (χ3n) is 7.55. The summed E-state index contributed by atoms with van der Waals surface area (Å²) >= 11 is 0. The lowest BCUT2D eigenvalue weighted by molar-refractivity contribution is -0.147. The van der Waals surface area contributed by atoms with Crippen LogP contribution in [-0.2, 0) is 27.3 Å². The Labute approximate surface area is 230 Å². The predicted octanol–water partition coefficient (Wildman–Crippen LogP) is 0.723. The van der Waals surface area contributed by atoms with Gasteiger partial charge in [-0.05, 0) is 44.5 Å². The molecule has 3 aliphatic rings. The number of hydrogen-bond acceptors (Lipinski definition) is 10. The Morgan fingerprint density at radius 1 is 1.18 bits per heavy atom.